The molecule has 180 valence electrons. The number of carbonyl (C=O) groups excluding carboxylic acids is 1. The molecule has 0 saturated heterocycles. The van der Waals surface area contributed by atoms with Crippen LogP contribution in [-0.2, 0) is 19.1 Å². The average molecular weight is 499 g/mol. The predicted molar refractivity (Wildman–Crippen MR) is 125 cm³/mol. The topological polar surface area (TPSA) is 155 Å². The molecular formula is C21H26N2O8S2. The summed E-state index contributed by atoms with van der Waals surface area (Å²) >= 11 is 2.06. The number of benzene rings is 1. The number of carboxylic acid groups (broad SMARTS) is 3. The van der Waals surface area contributed by atoms with Gasteiger partial charge in [-0.25, -0.2) is 14.4 Å². The molecule has 1 heterocycles. The first-order chi connectivity index (χ1) is 15.4. The Balaban J connectivity index is 2.30. The van der Waals surface area contributed by atoms with Gasteiger partial charge in [-0.1, -0.05) is 24.3 Å². The molecule has 12 heteroatoms. The number of thioether (sulfide) groups is 2. The largest absolute Gasteiger partial charge is 0.481 e. The minimum absolute atomic E-state index is 0.00863. The standard InChI is InChI=1S/C21H26N2O8S2/c1-21(2,3)31-20(30)22-14(18(26)27)9-33-17-13-7-5-4-6-12(13)8-23(17)15(19(28)29)10-32-11-16(24)25/h4-8,14-15H,9-11H2,1-3H3,(H,22,30)(H,24,25)(H,26,27)(H,28,29)/t14?,15-/m0/s1. The van der Waals surface area contributed by atoms with E-state index in [4.69, 9.17) is 9.84 Å². The van der Waals surface area contributed by atoms with Gasteiger partial charge in [0, 0.05) is 28.5 Å². The van der Waals surface area contributed by atoms with Gasteiger partial charge in [0.25, 0.3) is 0 Å². The zero-order chi connectivity index (χ0) is 24.8. The first-order valence-electron chi connectivity index (χ1n) is 9.86. The third-order valence-electron chi connectivity index (χ3n) is 4.20. The summed E-state index contributed by atoms with van der Waals surface area (Å²) in [7, 11) is 0. The summed E-state index contributed by atoms with van der Waals surface area (Å²) in [5, 5.41) is 32.5. The molecule has 1 amide bonds. The van der Waals surface area contributed by atoms with Gasteiger partial charge in [0.15, 0.2) is 0 Å². The maximum Gasteiger partial charge on any atom is 0.408 e. The van der Waals surface area contributed by atoms with E-state index in [0.717, 1.165) is 34.3 Å². The van der Waals surface area contributed by atoms with Crippen molar-refractivity contribution in [3.63, 3.8) is 0 Å². The summed E-state index contributed by atoms with van der Waals surface area (Å²) in [6.45, 7) is 4.97. The van der Waals surface area contributed by atoms with Gasteiger partial charge in [0.1, 0.15) is 17.7 Å². The lowest BCUT2D eigenvalue weighted by atomic mass is 10.2. The molecule has 2 rings (SSSR count). The molecule has 0 aliphatic rings. The van der Waals surface area contributed by atoms with Crippen molar-refractivity contribution in [2.24, 2.45) is 0 Å². The van der Waals surface area contributed by atoms with E-state index < -0.39 is 41.7 Å². The first-order valence-corrected chi connectivity index (χ1v) is 12.0. The number of nitrogens with zero attached hydrogens (tertiary/aromatic N) is 1. The number of ether oxygens (including phenoxy) is 1. The van der Waals surface area contributed by atoms with E-state index in [-0.39, 0.29) is 17.3 Å². The van der Waals surface area contributed by atoms with Crippen LogP contribution in [0.3, 0.4) is 0 Å². The number of alkyl carbamates (subject to hydrolysis) is 1. The highest BCUT2D eigenvalue weighted by atomic mass is 32.2. The van der Waals surface area contributed by atoms with Gasteiger partial charge in [0.2, 0.25) is 0 Å². The van der Waals surface area contributed by atoms with Crippen molar-refractivity contribution in [3.8, 4) is 0 Å². The number of hydrogen-bond acceptors (Lipinski definition) is 7. The Labute approximate surface area is 198 Å². The number of amides is 1. The van der Waals surface area contributed by atoms with Gasteiger partial charge in [-0.05, 0) is 20.8 Å². The van der Waals surface area contributed by atoms with E-state index in [2.05, 4.69) is 5.32 Å². The van der Waals surface area contributed by atoms with E-state index in [1.807, 2.05) is 0 Å². The number of fused-ring (bicyclic) bond motifs is 1. The van der Waals surface area contributed by atoms with E-state index in [9.17, 15) is 29.4 Å². The van der Waals surface area contributed by atoms with Crippen LogP contribution in [0.5, 0.6) is 0 Å². The highest BCUT2D eigenvalue weighted by molar-refractivity contribution is 8.00. The summed E-state index contributed by atoms with van der Waals surface area (Å²) in [5.41, 5.74) is -0.798. The molecule has 1 unspecified atom stereocenters. The number of aromatic nitrogens is 1. The van der Waals surface area contributed by atoms with Gasteiger partial charge in [-0.3, -0.25) is 4.79 Å². The molecular weight excluding hydrogens is 472 g/mol. The Morgan fingerprint density at radius 1 is 1.06 bits per heavy atom. The minimum atomic E-state index is -1.28. The Kier molecular flexibility index (Phi) is 9.06. The number of hydrogen-bond donors (Lipinski definition) is 4. The van der Waals surface area contributed by atoms with Crippen molar-refractivity contribution >= 4 is 58.3 Å². The molecule has 0 aliphatic heterocycles. The van der Waals surface area contributed by atoms with Gasteiger partial charge in [-0.15, -0.1) is 23.5 Å². The molecule has 2 aromatic rings. The maximum atomic E-state index is 12.0. The quantitative estimate of drug-likeness (QED) is 0.339. The van der Waals surface area contributed by atoms with Crippen LogP contribution in [0.25, 0.3) is 10.8 Å². The molecule has 4 N–H and O–H groups in total. The molecule has 0 spiro atoms. The maximum absolute atomic E-state index is 12.0. The zero-order valence-electron chi connectivity index (χ0n) is 18.3. The molecule has 0 fully saturated rings. The van der Waals surface area contributed by atoms with Crippen molar-refractivity contribution in [1.82, 2.24) is 9.88 Å². The van der Waals surface area contributed by atoms with E-state index >= 15 is 0 Å². The third-order valence-corrected chi connectivity index (χ3v) is 6.41. The minimum Gasteiger partial charge on any atom is -0.481 e. The normalized spacial score (nSPS) is 13.3. The molecule has 10 nitrogen and oxygen atoms in total. The SMILES string of the molecule is CC(C)(C)OC(=O)NC(CSc1c2ccccc2cn1[C@@H](CSCC(=O)O)C(=O)O)C(=O)O. The van der Waals surface area contributed by atoms with Crippen LogP contribution in [0.4, 0.5) is 4.79 Å². The van der Waals surface area contributed by atoms with E-state index in [1.54, 1.807) is 51.2 Å². The summed E-state index contributed by atoms with van der Waals surface area (Å²) in [5.74, 6) is -3.77. The molecule has 0 saturated carbocycles. The molecule has 1 aromatic carbocycles. The molecule has 0 bridgehead atoms. The van der Waals surface area contributed by atoms with E-state index in [1.165, 1.54) is 4.57 Å². The van der Waals surface area contributed by atoms with E-state index in [0.29, 0.717) is 5.03 Å². The average Bonchev–Trinajstić information content (AvgIpc) is 3.04. The zero-order valence-corrected chi connectivity index (χ0v) is 19.9. The van der Waals surface area contributed by atoms with Crippen LogP contribution in [0.1, 0.15) is 26.8 Å². The Bertz CT molecular complexity index is 1030. The van der Waals surface area contributed by atoms with Crippen molar-refractivity contribution in [2.45, 2.75) is 43.5 Å². The fourth-order valence-electron chi connectivity index (χ4n) is 2.85. The van der Waals surface area contributed by atoms with Crippen LogP contribution in [0.15, 0.2) is 35.5 Å². The van der Waals surface area contributed by atoms with Gasteiger partial charge >= 0.3 is 24.0 Å². The third kappa shape index (κ3) is 7.90. The summed E-state index contributed by atoms with van der Waals surface area (Å²) in [6, 6.07) is 4.81. The predicted octanol–water partition coefficient (Wildman–Crippen LogP) is 3.15. The second-order valence-electron chi connectivity index (χ2n) is 8.04. The first kappa shape index (κ1) is 26.4. The lowest BCUT2D eigenvalue weighted by molar-refractivity contribution is -0.140. The Morgan fingerprint density at radius 2 is 1.73 bits per heavy atom. The molecule has 33 heavy (non-hydrogen) atoms. The second kappa shape index (κ2) is 11.3. The Hall–Kier alpha value is -2.86. The molecule has 0 radical (unpaired) electrons. The van der Waals surface area contributed by atoms with Gasteiger partial charge in [0.05, 0.1) is 10.8 Å². The molecule has 1 aromatic heterocycles. The number of rotatable bonds is 11. The lowest BCUT2D eigenvalue weighted by Crippen LogP contribution is -2.45. The van der Waals surface area contributed by atoms with Crippen LogP contribution in [0, 0.1) is 0 Å². The smallest absolute Gasteiger partial charge is 0.408 e. The highest BCUT2D eigenvalue weighted by Gasteiger charge is 2.28. The molecule has 0 aliphatic carbocycles. The van der Waals surface area contributed by atoms with Crippen LogP contribution in [-0.4, -0.2) is 72.8 Å². The van der Waals surface area contributed by atoms with Crippen LogP contribution < -0.4 is 5.32 Å². The summed E-state index contributed by atoms with van der Waals surface area (Å²) in [6.07, 6.45) is 0.777. The number of aliphatic carboxylic acids is 3. The number of carboxylic acids is 3. The fraction of sp³-hybridized carbons (Fsp3) is 0.429. The lowest BCUT2D eigenvalue weighted by Gasteiger charge is -2.22. The van der Waals surface area contributed by atoms with Gasteiger partial charge in [-0.2, -0.15) is 0 Å². The van der Waals surface area contributed by atoms with Crippen molar-refractivity contribution in [3.05, 3.63) is 30.5 Å². The Morgan fingerprint density at radius 3 is 2.30 bits per heavy atom. The highest BCUT2D eigenvalue weighted by Crippen LogP contribution is 2.34. The van der Waals surface area contributed by atoms with Crippen molar-refractivity contribution in [2.75, 3.05) is 17.3 Å². The number of carbonyl (C=O) groups is 4. The monoisotopic (exact) mass is 498 g/mol. The van der Waals surface area contributed by atoms with Crippen LogP contribution >= 0.6 is 23.5 Å². The summed E-state index contributed by atoms with van der Waals surface area (Å²) in [4.78, 5) is 46.6. The van der Waals surface area contributed by atoms with Crippen LogP contribution in [0.2, 0.25) is 0 Å². The molecule has 2 atom stereocenters. The van der Waals surface area contributed by atoms with Crippen molar-refractivity contribution in [1.29, 1.82) is 0 Å². The second-order valence-corrected chi connectivity index (χ2v) is 10.1. The summed E-state index contributed by atoms with van der Waals surface area (Å²) < 4.78 is 6.64. The van der Waals surface area contributed by atoms with Gasteiger partial charge < -0.3 is 29.9 Å². The van der Waals surface area contributed by atoms with Crippen molar-refractivity contribution < 1.29 is 39.2 Å². The fourth-order valence-corrected chi connectivity index (χ4v) is 4.89. The number of nitrogens with one attached hydrogen (secondary N) is 1.